The fraction of sp³-hybridized carbons (Fsp3) is 0.381. The van der Waals surface area contributed by atoms with E-state index in [4.69, 9.17) is 14.2 Å². The molecule has 3 rings (SSSR count). The third kappa shape index (κ3) is 4.28. The van der Waals surface area contributed by atoms with Crippen LogP contribution < -0.4 is 19.5 Å². The summed E-state index contributed by atoms with van der Waals surface area (Å²) in [5.41, 5.74) is 2.05. The zero-order valence-electron chi connectivity index (χ0n) is 15.5. The Morgan fingerprint density at radius 2 is 2.08 bits per heavy atom. The average Bonchev–Trinajstić information content (AvgIpc) is 2.99. The van der Waals surface area contributed by atoms with E-state index >= 15 is 0 Å². The Hall–Kier alpha value is -2.69. The van der Waals surface area contributed by atoms with E-state index in [1.165, 1.54) is 0 Å². The summed E-state index contributed by atoms with van der Waals surface area (Å²) in [5.74, 6) is 2.16. The van der Waals surface area contributed by atoms with Crippen LogP contribution in [0, 0.1) is 0 Å². The first kappa shape index (κ1) is 18.1. The Labute approximate surface area is 154 Å². The number of ether oxygens (including phenoxy) is 3. The maximum absolute atomic E-state index is 12.4. The number of fused-ring (bicyclic) bond motifs is 1. The molecule has 0 spiro atoms. The van der Waals surface area contributed by atoms with Gasteiger partial charge in [0.15, 0.2) is 6.10 Å². The molecule has 138 valence electrons. The number of carbonyl (C=O) groups excluding carboxylic acids is 1. The molecular weight excluding hydrogens is 330 g/mol. The standard InChI is InChI=1S/C21H25NO4/c1-4-24-19-11-16-10-14(2)25-20(16)12-17(19)13-22-21(23)15(3)26-18-8-6-5-7-9-18/h5-9,11-12,14-15H,4,10,13H2,1-3H3,(H,22,23)/t14-,15+/m1/s1. The maximum Gasteiger partial charge on any atom is 0.261 e. The first-order valence-electron chi connectivity index (χ1n) is 9.01. The van der Waals surface area contributed by atoms with Crippen molar-refractivity contribution in [1.82, 2.24) is 5.32 Å². The summed E-state index contributed by atoms with van der Waals surface area (Å²) in [6.45, 7) is 6.67. The van der Waals surface area contributed by atoms with Gasteiger partial charge in [0.25, 0.3) is 5.91 Å². The van der Waals surface area contributed by atoms with Crippen molar-refractivity contribution in [3.05, 3.63) is 53.6 Å². The highest BCUT2D eigenvalue weighted by Crippen LogP contribution is 2.35. The molecule has 0 radical (unpaired) electrons. The quantitative estimate of drug-likeness (QED) is 0.826. The highest BCUT2D eigenvalue weighted by Gasteiger charge is 2.22. The Balaban J connectivity index is 1.65. The van der Waals surface area contributed by atoms with Crippen molar-refractivity contribution in [3.63, 3.8) is 0 Å². The fourth-order valence-electron chi connectivity index (χ4n) is 2.99. The van der Waals surface area contributed by atoms with Crippen LogP contribution in [-0.2, 0) is 17.8 Å². The average molecular weight is 355 g/mol. The van der Waals surface area contributed by atoms with Gasteiger partial charge in [0.2, 0.25) is 0 Å². The highest BCUT2D eigenvalue weighted by atomic mass is 16.5. The molecule has 5 heteroatoms. The molecule has 1 aliphatic heterocycles. The van der Waals surface area contributed by atoms with E-state index in [0.29, 0.717) is 18.9 Å². The number of hydrogen-bond donors (Lipinski definition) is 1. The molecular formula is C21H25NO4. The van der Waals surface area contributed by atoms with Crippen LogP contribution in [0.2, 0.25) is 0 Å². The summed E-state index contributed by atoms with van der Waals surface area (Å²) in [5, 5.41) is 2.92. The lowest BCUT2D eigenvalue weighted by Gasteiger charge is -2.16. The van der Waals surface area contributed by atoms with Crippen molar-refractivity contribution in [3.8, 4) is 17.2 Å². The predicted molar refractivity (Wildman–Crippen MR) is 99.8 cm³/mol. The Morgan fingerprint density at radius 1 is 1.31 bits per heavy atom. The minimum absolute atomic E-state index is 0.170. The second-order valence-electron chi connectivity index (χ2n) is 6.42. The van der Waals surface area contributed by atoms with Gasteiger partial charge in [-0.15, -0.1) is 0 Å². The van der Waals surface area contributed by atoms with E-state index in [9.17, 15) is 4.79 Å². The molecule has 0 bridgehead atoms. The van der Waals surface area contributed by atoms with Gasteiger partial charge < -0.3 is 19.5 Å². The number of rotatable bonds is 7. The molecule has 0 unspecified atom stereocenters. The van der Waals surface area contributed by atoms with Crippen LogP contribution >= 0.6 is 0 Å². The van der Waals surface area contributed by atoms with Gasteiger partial charge in [0.05, 0.1) is 6.61 Å². The summed E-state index contributed by atoms with van der Waals surface area (Å²) >= 11 is 0. The highest BCUT2D eigenvalue weighted by molar-refractivity contribution is 5.80. The lowest BCUT2D eigenvalue weighted by Crippen LogP contribution is -2.36. The molecule has 2 aromatic rings. The van der Waals surface area contributed by atoms with Gasteiger partial charge in [-0.05, 0) is 45.0 Å². The van der Waals surface area contributed by atoms with Gasteiger partial charge in [-0.2, -0.15) is 0 Å². The van der Waals surface area contributed by atoms with Gasteiger partial charge in [-0.1, -0.05) is 18.2 Å². The van der Waals surface area contributed by atoms with Crippen molar-refractivity contribution in [1.29, 1.82) is 0 Å². The predicted octanol–water partition coefficient (Wildman–Crippen LogP) is 3.49. The molecule has 0 aliphatic carbocycles. The van der Waals surface area contributed by atoms with Crippen LogP contribution in [0.5, 0.6) is 17.2 Å². The van der Waals surface area contributed by atoms with Gasteiger partial charge in [0.1, 0.15) is 23.4 Å². The second kappa shape index (κ2) is 8.13. The van der Waals surface area contributed by atoms with Crippen LogP contribution in [0.15, 0.2) is 42.5 Å². The van der Waals surface area contributed by atoms with Crippen LogP contribution in [0.4, 0.5) is 0 Å². The van der Waals surface area contributed by atoms with Crippen molar-refractivity contribution in [2.45, 2.75) is 45.9 Å². The molecule has 5 nitrogen and oxygen atoms in total. The number of carbonyl (C=O) groups is 1. The van der Waals surface area contributed by atoms with Crippen molar-refractivity contribution < 1.29 is 19.0 Å². The first-order valence-corrected chi connectivity index (χ1v) is 9.01. The number of para-hydroxylation sites is 1. The Kier molecular flexibility index (Phi) is 5.66. The molecule has 2 aromatic carbocycles. The van der Waals surface area contributed by atoms with E-state index in [2.05, 4.69) is 5.32 Å². The smallest absolute Gasteiger partial charge is 0.261 e. The lowest BCUT2D eigenvalue weighted by atomic mass is 10.1. The minimum Gasteiger partial charge on any atom is -0.494 e. The third-order valence-corrected chi connectivity index (χ3v) is 4.26. The van der Waals surface area contributed by atoms with E-state index in [-0.39, 0.29) is 12.0 Å². The summed E-state index contributed by atoms with van der Waals surface area (Å²) < 4.78 is 17.2. The Bertz CT molecular complexity index is 760. The SMILES string of the molecule is CCOc1cc2c(cc1CNC(=O)[C@H](C)Oc1ccccc1)O[C@H](C)C2. The van der Waals surface area contributed by atoms with E-state index in [1.807, 2.05) is 56.3 Å². The number of nitrogens with one attached hydrogen (secondary N) is 1. The van der Waals surface area contributed by atoms with Crippen LogP contribution in [0.25, 0.3) is 0 Å². The zero-order valence-corrected chi connectivity index (χ0v) is 15.5. The van der Waals surface area contributed by atoms with Crippen molar-refractivity contribution in [2.24, 2.45) is 0 Å². The largest absolute Gasteiger partial charge is 0.494 e. The second-order valence-corrected chi connectivity index (χ2v) is 6.42. The Morgan fingerprint density at radius 3 is 2.81 bits per heavy atom. The third-order valence-electron chi connectivity index (χ3n) is 4.26. The molecule has 1 amide bonds. The molecule has 0 saturated heterocycles. The maximum atomic E-state index is 12.4. The molecule has 0 aromatic heterocycles. The van der Waals surface area contributed by atoms with Crippen molar-refractivity contribution >= 4 is 5.91 Å². The number of hydrogen-bond acceptors (Lipinski definition) is 4. The molecule has 1 N–H and O–H groups in total. The van der Waals surface area contributed by atoms with Crippen LogP contribution in [0.3, 0.4) is 0 Å². The molecule has 26 heavy (non-hydrogen) atoms. The topological polar surface area (TPSA) is 56.8 Å². The molecule has 2 atom stereocenters. The molecule has 0 saturated carbocycles. The van der Waals surface area contributed by atoms with Gasteiger partial charge in [-0.25, -0.2) is 0 Å². The van der Waals surface area contributed by atoms with E-state index in [1.54, 1.807) is 6.92 Å². The number of amides is 1. The molecule has 0 fully saturated rings. The lowest BCUT2D eigenvalue weighted by molar-refractivity contribution is -0.127. The molecule has 1 heterocycles. The summed E-state index contributed by atoms with van der Waals surface area (Å²) in [7, 11) is 0. The fourth-order valence-corrected chi connectivity index (χ4v) is 2.99. The minimum atomic E-state index is -0.585. The van der Waals surface area contributed by atoms with Crippen LogP contribution in [0.1, 0.15) is 31.9 Å². The van der Waals surface area contributed by atoms with Gasteiger partial charge in [-0.3, -0.25) is 4.79 Å². The van der Waals surface area contributed by atoms with E-state index < -0.39 is 6.10 Å². The molecule has 1 aliphatic rings. The number of benzene rings is 2. The normalized spacial score (nSPS) is 16.3. The van der Waals surface area contributed by atoms with Crippen LogP contribution in [-0.4, -0.2) is 24.7 Å². The van der Waals surface area contributed by atoms with Gasteiger partial charge >= 0.3 is 0 Å². The van der Waals surface area contributed by atoms with Gasteiger partial charge in [0, 0.05) is 24.1 Å². The summed E-state index contributed by atoms with van der Waals surface area (Å²) in [6.07, 6.45) is 0.464. The zero-order chi connectivity index (χ0) is 18.5. The summed E-state index contributed by atoms with van der Waals surface area (Å²) in [6, 6.07) is 13.3. The van der Waals surface area contributed by atoms with E-state index in [0.717, 1.165) is 29.0 Å². The first-order chi connectivity index (χ1) is 12.6. The summed E-state index contributed by atoms with van der Waals surface area (Å²) in [4.78, 5) is 12.4. The van der Waals surface area contributed by atoms with Crippen molar-refractivity contribution in [2.75, 3.05) is 6.61 Å². The monoisotopic (exact) mass is 355 g/mol.